The number of allylic oxidation sites excluding steroid dienone is 5. The zero-order chi connectivity index (χ0) is 18.8. The standard InChI is InChI=1S/C24H38N2/c1-5-7-10-14-22(13-6-2)17-20(3)24-18-21(4)25-26(24)19-23-15-11-8-9-12-16-23/h7,10,17-18,23H,3,5-6,8-9,11-16,19H2,1-2,4H3/b10-7-,22-17-. The molecule has 0 saturated heterocycles. The van der Waals surface area contributed by atoms with Crippen LogP contribution in [0, 0.1) is 12.8 Å². The third-order valence-corrected chi connectivity index (χ3v) is 5.37. The maximum absolute atomic E-state index is 4.80. The molecular formula is C24H38N2. The van der Waals surface area contributed by atoms with E-state index in [1.807, 2.05) is 0 Å². The van der Waals surface area contributed by atoms with Crippen molar-refractivity contribution in [3.05, 3.63) is 47.8 Å². The normalized spacial score (nSPS) is 17.0. The molecule has 1 aromatic rings. The van der Waals surface area contributed by atoms with Crippen molar-refractivity contribution >= 4 is 5.57 Å². The quantitative estimate of drug-likeness (QED) is 0.259. The maximum Gasteiger partial charge on any atom is 0.0679 e. The van der Waals surface area contributed by atoms with Crippen LogP contribution in [0.15, 0.2) is 36.4 Å². The van der Waals surface area contributed by atoms with Gasteiger partial charge >= 0.3 is 0 Å². The van der Waals surface area contributed by atoms with Crippen LogP contribution in [0.2, 0.25) is 0 Å². The molecule has 2 heteroatoms. The van der Waals surface area contributed by atoms with Crippen LogP contribution in [-0.2, 0) is 6.54 Å². The molecule has 0 atom stereocenters. The van der Waals surface area contributed by atoms with Gasteiger partial charge in [-0.25, -0.2) is 0 Å². The molecule has 0 unspecified atom stereocenters. The van der Waals surface area contributed by atoms with Crippen molar-refractivity contribution < 1.29 is 0 Å². The van der Waals surface area contributed by atoms with E-state index in [0.29, 0.717) is 0 Å². The SMILES string of the molecule is C=C(/C=C(\C/C=C\CC)CCC)c1cc(C)nn1CC1CCCCCC1. The van der Waals surface area contributed by atoms with E-state index >= 15 is 0 Å². The predicted octanol–water partition coefficient (Wildman–Crippen LogP) is 7.26. The van der Waals surface area contributed by atoms with Gasteiger partial charge in [-0.05, 0) is 56.6 Å². The Kier molecular flexibility index (Phi) is 8.94. The number of aromatic nitrogens is 2. The van der Waals surface area contributed by atoms with Crippen LogP contribution in [0.4, 0.5) is 0 Å². The minimum absolute atomic E-state index is 0.773. The van der Waals surface area contributed by atoms with Gasteiger partial charge in [-0.15, -0.1) is 0 Å². The molecule has 1 aliphatic carbocycles. The van der Waals surface area contributed by atoms with Crippen LogP contribution in [0.25, 0.3) is 5.57 Å². The van der Waals surface area contributed by atoms with Crippen molar-refractivity contribution in [3.63, 3.8) is 0 Å². The van der Waals surface area contributed by atoms with Gasteiger partial charge in [0.1, 0.15) is 0 Å². The highest BCUT2D eigenvalue weighted by molar-refractivity contribution is 5.70. The van der Waals surface area contributed by atoms with Gasteiger partial charge in [0.05, 0.1) is 11.4 Å². The van der Waals surface area contributed by atoms with Crippen LogP contribution >= 0.6 is 0 Å². The fourth-order valence-corrected chi connectivity index (χ4v) is 4.01. The molecule has 0 aromatic carbocycles. The number of nitrogens with zero attached hydrogens (tertiary/aromatic N) is 2. The van der Waals surface area contributed by atoms with Crippen LogP contribution in [0.5, 0.6) is 0 Å². The Morgan fingerprint density at radius 2 is 1.92 bits per heavy atom. The molecule has 1 heterocycles. The molecule has 0 spiro atoms. The highest BCUT2D eigenvalue weighted by atomic mass is 15.3. The highest BCUT2D eigenvalue weighted by Gasteiger charge is 2.16. The van der Waals surface area contributed by atoms with E-state index in [0.717, 1.165) is 43.0 Å². The Morgan fingerprint density at radius 3 is 2.58 bits per heavy atom. The molecule has 0 N–H and O–H groups in total. The molecule has 0 bridgehead atoms. The van der Waals surface area contributed by atoms with E-state index in [1.54, 1.807) is 0 Å². The lowest BCUT2D eigenvalue weighted by atomic mass is 9.99. The first kappa shape index (κ1) is 20.7. The van der Waals surface area contributed by atoms with Crippen LogP contribution < -0.4 is 0 Å². The highest BCUT2D eigenvalue weighted by Crippen LogP contribution is 2.27. The Labute approximate surface area is 161 Å². The number of aryl methyl sites for hydroxylation is 1. The molecule has 1 aromatic heterocycles. The zero-order valence-corrected chi connectivity index (χ0v) is 17.3. The summed E-state index contributed by atoms with van der Waals surface area (Å²) in [6.45, 7) is 12.0. The number of hydrogen-bond donors (Lipinski definition) is 0. The predicted molar refractivity (Wildman–Crippen MR) is 114 cm³/mol. The van der Waals surface area contributed by atoms with E-state index in [1.165, 1.54) is 56.2 Å². The molecule has 0 amide bonds. The number of rotatable bonds is 9. The first-order chi connectivity index (χ1) is 12.6. The van der Waals surface area contributed by atoms with E-state index in [2.05, 4.69) is 56.3 Å². The first-order valence-electron chi connectivity index (χ1n) is 10.7. The summed E-state index contributed by atoms with van der Waals surface area (Å²) in [7, 11) is 0. The van der Waals surface area contributed by atoms with Gasteiger partial charge in [0.2, 0.25) is 0 Å². The van der Waals surface area contributed by atoms with Crippen molar-refractivity contribution in [1.82, 2.24) is 9.78 Å². The van der Waals surface area contributed by atoms with Crippen molar-refractivity contribution in [2.24, 2.45) is 5.92 Å². The molecule has 1 fully saturated rings. The second kappa shape index (κ2) is 11.2. The van der Waals surface area contributed by atoms with Gasteiger partial charge in [-0.2, -0.15) is 5.10 Å². The smallest absolute Gasteiger partial charge is 0.0679 e. The molecule has 26 heavy (non-hydrogen) atoms. The minimum atomic E-state index is 0.773. The molecular weight excluding hydrogens is 316 g/mol. The summed E-state index contributed by atoms with van der Waals surface area (Å²) >= 11 is 0. The first-order valence-corrected chi connectivity index (χ1v) is 10.7. The summed E-state index contributed by atoms with van der Waals surface area (Å²) in [5, 5.41) is 4.80. The molecule has 0 aliphatic heterocycles. The summed E-state index contributed by atoms with van der Waals surface area (Å²) in [4.78, 5) is 0. The van der Waals surface area contributed by atoms with Gasteiger partial charge in [0.25, 0.3) is 0 Å². The Morgan fingerprint density at radius 1 is 1.19 bits per heavy atom. The summed E-state index contributed by atoms with van der Waals surface area (Å²) < 4.78 is 2.23. The van der Waals surface area contributed by atoms with Crippen molar-refractivity contribution in [1.29, 1.82) is 0 Å². The van der Waals surface area contributed by atoms with Gasteiger partial charge in [-0.3, -0.25) is 4.68 Å². The topological polar surface area (TPSA) is 17.8 Å². The molecule has 2 rings (SSSR count). The van der Waals surface area contributed by atoms with Crippen molar-refractivity contribution in [2.45, 2.75) is 91.5 Å². The fraction of sp³-hybridized carbons (Fsp3) is 0.625. The summed E-state index contributed by atoms with van der Waals surface area (Å²) in [6, 6.07) is 2.21. The second-order valence-electron chi connectivity index (χ2n) is 7.87. The van der Waals surface area contributed by atoms with Crippen LogP contribution in [0.1, 0.15) is 89.4 Å². The second-order valence-corrected chi connectivity index (χ2v) is 7.87. The summed E-state index contributed by atoms with van der Waals surface area (Å²) in [6.07, 6.45) is 19.6. The lowest BCUT2D eigenvalue weighted by Crippen LogP contribution is -2.13. The lowest BCUT2D eigenvalue weighted by molar-refractivity contribution is 0.373. The van der Waals surface area contributed by atoms with Gasteiger partial charge in [0.15, 0.2) is 0 Å². The average Bonchev–Trinajstić information content (AvgIpc) is 2.81. The lowest BCUT2D eigenvalue weighted by Gasteiger charge is -2.16. The Bertz CT molecular complexity index is 610. The summed E-state index contributed by atoms with van der Waals surface area (Å²) in [5.74, 6) is 0.773. The largest absolute Gasteiger partial charge is 0.264 e. The minimum Gasteiger partial charge on any atom is -0.264 e. The molecule has 1 aliphatic rings. The van der Waals surface area contributed by atoms with Gasteiger partial charge in [-0.1, -0.05) is 76.3 Å². The van der Waals surface area contributed by atoms with E-state index in [4.69, 9.17) is 5.10 Å². The van der Waals surface area contributed by atoms with Crippen LogP contribution in [0.3, 0.4) is 0 Å². The van der Waals surface area contributed by atoms with E-state index < -0.39 is 0 Å². The van der Waals surface area contributed by atoms with Crippen LogP contribution in [-0.4, -0.2) is 9.78 Å². The number of hydrogen-bond acceptors (Lipinski definition) is 1. The Hall–Kier alpha value is -1.57. The fourth-order valence-electron chi connectivity index (χ4n) is 4.01. The van der Waals surface area contributed by atoms with Gasteiger partial charge < -0.3 is 0 Å². The van der Waals surface area contributed by atoms with Crippen molar-refractivity contribution in [2.75, 3.05) is 0 Å². The molecule has 144 valence electrons. The monoisotopic (exact) mass is 354 g/mol. The van der Waals surface area contributed by atoms with Gasteiger partial charge in [0, 0.05) is 6.54 Å². The van der Waals surface area contributed by atoms with Crippen molar-refractivity contribution in [3.8, 4) is 0 Å². The van der Waals surface area contributed by atoms with E-state index in [9.17, 15) is 0 Å². The third-order valence-electron chi connectivity index (χ3n) is 5.37. The molecule has 1 saturated carbocycles. The summed E-state index contributed by atoms with van der Waals surface area (Å²) in [5.41, 5.74) is 4.90. The average molecular weight is 355 g/mol. The third kappa shape index (κ3) is 6.63. The Balaban J connectivity index is 2.13. The molecule has 0 radical (unpaired) electrons. The maximum atomic E-state index is 4.80. The van der Waals surface area contributed by atoms with E-state index in [-0.39, 0.29) is 0 Å². The molecule has 2 nitrogen and oxygen atoms in total. The zero-order valence-electron chi connectivity index (χ0n) is 17.3.